The zero-order valence-corrected chi connectivity index (χ0v) is 11.9. The lowest BCUT2D eigenvalue weighted by atomic mass is 9.96. The van der Waals surface area contributed by atoms with E-state index in [0.717, 1.165) is 37.7 Å². The maximum Gasteiger partial charge on any atom is 0.226 e. The van der Waals surface area contributed by atoms with Gasteiger partial charge in [-0.3, -0.25) is 4.79 Å². The minimum absolute atomic E-state index is 0.331. The van der Waals surface area contributed by atoms with E-state index in [-0.39, 0.29) is 0 Å². The van der Waals surface area contributed by atoms with Crippen LogP contribution in [0.15, 0.2) is 0 Å². The molecule has 3 aliphatic rings. The first-order valence-electron chi connectivity index (χ1n) is 7.43. The van der Waals surface area contributed by atoms with Gasteiger partial charge in [0.25, 0.3) is 0 Å². The highest BCUT2D eigenvalue weighted by Crippen LogP contribution is 2.33. The summed E-state index contributed by atoms with van der Waals surface area (Å²) in [6, 6.07) is 0.595. The second kappa shape index (κ2) is 5.83. The molecule has 1 unspecified atom stereocenters. The van der Waals surface area contributed by atoms with Crippen molar-refractivity contribution in [2.45, 2.75) is 38.1 Å². The fraction of sp³-hybridized carbons (Fsp3) is 0.929. The molecule has 2 aliphatic heterocycles. The van der Waals surface area contributed by atoms with Crippen molar-refractivity contribution in [1.82, 2.24) is 10.2 Å². The number of nitrogens with one attached hydrogen (secondary N) is 1. The second-order valence-corrected chi connectivity index (χ2v) is 7.13. The normalized spacial score (nSPS) is 29.4. The Balaban J connectivity index is 1.58. The van der Waals surface area contributed by atoms with E-state index in [1.165, 1.54) is 31.4 Å². The Bertz CT molecular complexity index is 294. The highest BCUT2D eigenvalue weighted by atomic mass is 32.2. The van der Waals surface area contributed by atoms with Gasteiger partial charge in [-0.2, -0.15) is 11.8 Å². The molecule has 2 saturated heterocycles. The standard InChI is InChI=1S/C14H24N2OS/c17-14(12-5-8-18-10-12)16(13-1-2-13)9-11-3-6-15-7-4-11/h11-13,15H,1-10H2. The molecule has 0 aromatic heterocycles. The summed E-state index contributed by atoms with van der Waals surface area (Å²) in [5, 5.41) is 3.41. The monoisotopic (exact) mass is 268 g/mol. The number of carbonyl (C=O) groups is 1. The van der Waals surface area contributed by atoms with Crippen molar-refractivity contribution >= 4 is 17.7 Å². The van der Waals surface area contributed by atoms with Gasteiger partial charge < -0.3 is 10.2 Å². The van der Waals surface area contributed by atoms with Crippen molar-refractivity contribution < 1.29 is 4.79 Å². The van der Waals surface area contributed by atoms with Crippen LogP contribution in [-0.4, -0.2) is 48.0 Å². The summed E-state index contributed by atoms with van der Waals surface area (Å²) >= 11 is 1.95. The summed E-state index contributed by atoms with van der Waals surface area (Å²) in [6.07, 6.45) is 6.10. The number of piperidine rings is 1. The fourth-order valence-electron chi connectivity index (χ4n) is 3.11. The lowest BCUT2D eigenvalue weighted by Crippen LogP contribution is -2.43. The third kappa shape index (κ3) is 3.02. The molecule has 4 heteroatoms. The van der Waals surface area contributed by atoms with Crippen LogP contribution in [-0.2, 0) is 4.79 Å². The predicted molar refractivity (Wildman–Crippen MR) is 75.8 cm³/mol. The van der Waals surface area contributed by atoms with Gasteiger partial charge in [-0.25, -0.2) is 0 Å². The Labute approximate surface area is 114 Å². The third-order valence-electron chi connectivity index (χ3n) is 4.46. The Morgan fingerprint density at radius 3 is 2.56 bits per heavy atom. The van der Waals surface area contributed by atoms with Gasteiger partial charge in [-0.1, -0.05) is 0 Å². The molecule has 1 N–H and O–H groups in total. The third-order valence-corrected chi connectivity index (χ3v) is 5.63. The maximum atomic E-state index is 12.6. The van der Waals surface area contributed by atoms with Crippen LogP contribution in [0.4, 0.5) is 0 Å². The molecule has 1 amide bonds. The molecule has 3 fully saturated rings. The molecule has 0 aromatic rings. The maximum absolute atomic E-state index is 12.6. The van der Waals surface area contributed by atoms with Gasteiger partial charge in [0.15, 0.2) is 0 Å². The highest BCUT2D eigenvalue weighted by molar-refractivity contribution is 7.99. The first-order valence-corrected chi connectivity index (χ1v) is 8.59. The van der Waals surface area contributed by atoms with Crippen molar-refractivity contribution in [2.24, 2.45) is 11.8 Å². The molecule has 18 heavy (non-hydrogen) atoms. The summed E-state index contributed by atoms with van der Waals surface area (Å²) in [5.41, 5.74) is 0. The van der Waals surface area contributed by atoms with E-state index in [1.54, 1.807) is 0 Å². The Morgan fingerprint density at radius 1 is 1.17 bits per heavy atom. The average Bonchev–Trinajstić information content (AvgIpc) is 3.10. The van der Waals surface area contributed by atoms with E-state index < -0.39 is 0 Å². The van der Waals surface area contributed by atoms with Crippen LogP contribution in [0, 0.1) is 11.8 Å². The fourth-order valence-corrected chi connectivity index (χ4v) is 4.32. The van der Waals surface area contributed by atoms with E-state index in [9.17, 15) is 4.79 Å². The topological polar surface area (TPSA) is 32.3 Å². The molecule has 0 radical (unpaired) electrons. The zero-order valence-electron chi connectivity index (χ0n) is 11.1. The van der Waals surface area contributed by atoms with Crippen molar-refractivity contribution in [3.63, 3.8) is 0 Å². The number of hydrogen-bond donors (Lipinski definition) is 1. The summed E-state index contributed by atoms with van der Waals surface area (Å²) in [4.78, 5) is 14.9. The number of hydrogen-bond acceptors (Lipinski definition) is 3. The summed E-state index contributed by atoms with van der Waals surface area (Å²) in [7, 11) is 0. The van der Waals surface area contributed by atoms with Crippen LogP contribution in [0.5, 0.6) is 0 Å². The second-order valence-electron chi connectivity index (χ2n) is 5.98. The Morgan fingerprint density at radius 2 is 1.94 bits per heavy atom. The van der Waals surface area contributed by atoms with E-state index in [0.29, 0.717) is 17.9 Å². The molecular weight excluding hydrogens is 244 g/mol. The van der Waals surface area contributed by atoms with E-state index in [1.807, 2.05) is 11.8 Å². The number of amides is 1. The van der Waals surface area contributed by atoms with E-state index in [4.69, 9.17) is 0 Å². The molecule has 1 aliphatic carbocycles. The summed E-state index contributed by atoms with van der Waals surface area (Å²) in [6.45, 7) is 3.31. The number of rotatable bonds is 4. The lowest BCUT2D eigenvalue weighted by Gasteiger charge is -2.31. The minimum atomic E-state index is 0.331. The van der Waals surface area contributed by atoms with Gasteiger partial charge in [0.05, 0.1) is 0 Å². The van der Waals surface area contributed by atoms with Crippen molar-refractivity contribution in [1.29, 1.82) is 0 Å². The lowest BCUT2D eigenvalue weighted by molar-refractivity contribution is -0.136. The number of thioether (sulfide) groups is 1. The molecule has 3 nitrogen and oxygen atoms in total. The van der Waals surface area contributed by atoms with Crippen LogP contribution < -0.4 is 5.32 Å². The van der Waals surface area contributed by atoms with Gasteiger partial charge >= 0.3 is 0 Å². The van der Waals surface area contributed by atoms with Crippen LogP contribution in [0.2, 0.25) is 0 Å². The highest BCUT2D eigenvalue weighted by Gasteiger charge is 2.37. The van der Waals surface area contributed by atoms with Gasteiger partial charge in [-0.05, 0) is 56.9 Å². The van der Waals surface area contributed by atoms with Crippen LogP contribution >= 0.6 is 11.8 Å². The van der Waals surface area contributed by atoms with Gasteiger partial charge in [0.2, 0.25) is 5.91 Å². The van der Waals surface area contributed by atoms with Crippen LogP contribution in [0.3, 0.4) is 0 Å². The van der Waals surface area contributed by atoms with Crippen molar-refractivity contribution in [3.8, 4) is 0 Å². The van der Waals surface area contributed by atoms with Gasteiger partial charge in [0, 0.05) is 24.3 Å². The number of carbonyl (C=O) groups excluding carboxylic acids is 1. The molecule has 3 rings (SSSR count). The van der Waals surface area contributed by atoms with Gasteiger partial charge in [-0.15, -0.1) is 0 Å². The largest absolute Gasteiger partial charge is 0.339 e. The first kappa shape index (κ1) is 12.8. The molecule has 0 spiro atoms. The Hall–Kier alpha value is -0.220. The minimum Gasteiger partial charge on any atom is -0.339 e. The quantitative estimate of drug-likeness (QED) is 0.843. The SMILES string of the molecule is O=C(C1CCSC1)N(CC1CCNCC1)C1CC1. The van der Waals surface area contributed by atoms with Crippen molar-refractivity contribution in [2.75, 3.05) is 31.1 Å². The summed E-state index contributed by atoms with van der Waals surface area (Å²) < 4.78 is 0. The zero-order chi connectivity index (χ0) is 12.4. The molecule has 0 aromatic carbocycles. The van der Waals surface area contributed by atoms with E-state index in [2.05, 4.69) is 10.2 Å². The van der Waals surface area contributed by atoms with Crippen molar-refractivity contribution in [3.05, 3.63) is 0 Å². The van der Waals surface area contributed by atoms with Crippen LogP contribution in [0.25, 0.3) is 0 Å². The molecule has 102 valence electrons. The summed E-state index contributed by atoms with van der Waals surface area (Å²) in [5.74, 6) is 3.79. The predicted octanol–water partition coefficient (Wildman–Crippen LogP) is 1.73. The molecule has 2 heterocycles. The van der Waals surface area contributed by atoms with Crippen LogP contribution in [0.1, 0.15) is 32.1 Å². The Kier molecular flexibility index (Phi) is 4.14. The smallest absolute Gasteiger partial charge is 0.226 e. The van der Waals surface area contributed by atoms with E-state index >= 15 is 0 Å². The number of nitrogens with zero attached hydrogens (tertiary/aromatic N) is 1. The first-order chi connectivity index (χ1) is 8.84. The van der Waals surface area contributed by atoms with Gasteiger partial charge in [0.1, 0.15) is 0 Å². The molecule has 1 atom stereocenters. The average molecular weight is 268 g/mol. The molecular formula is C14H24N2OS. The molecule has 0 bridgehead atoms. The molecule has 1 saturated carbocycles.